The van der Waals surface area contributed by atoms with Crippen LogP contribution in [0.1, 0.15) is 124 Å². The summed E-state index contributed by atoms with van der Waals surface area (Å²) in [5.41, 5.74) is -0.476. The van der Waals surface area contributed by atoms with Crippen LogP contribution in [0.25, 0.3) is 0 Å². The normalized spacial score (nSPS) is 13.3. The molecule has 28 heavy (non-hydrogen) atoms. The third kappa shape index (κ3) is 15.0. The zero-order valence-corrected chi connectivity index (χ0v) is 22.0. The Morgan fingerprint density at radius 3 is 1.32 bits per heavy atom. The molecule has 1 unspecified atom stereocenters. The Hall–Kier alpha value is 0.0969. The van der Waals surface area contributed by atoms with E-state index < -0.39 is 5.41 Å². The van der Waals surface area contributed by atoms with Crippen molar-refractivity contribution in [2.45, 2.75) is 136 Å². The number of hydrogen-bond donors (Lipinski definition) is 0. The fourth-order valence-electron chi connectivity index (χ4n) is 4.02. The van der Waals surface area contributed by atoms with Gasteiger partial charge in [-0.1, -0.05) is 96.8 Å². The van der Waals surface area contributed by atoms with Crippen molar-refractivity contribution in [3.8, 4) is 0 Å². The quantitative estimate of drug-likeness (QED) is 0.117. The minimum absolute atomic E-state index is 0.0846. The summed E-state index contributed by atoms with van der Waals surface area (Å²) in [6.07, 6.45) is 20.7. The van der Waals surface area contributed by atoms with Gasteiger partial charge in [0.1, 0.15) is 6.10 Å². The van der Waals surface area contributed by atoms with Gasteiger partial charge in [-0.3, -0.25) is 0 Å². The molecule has 0 rings (SSSR count). The summed E-state index contributed by atoms with van der Waals surface area (Å²) in [6, 6.07) is 0. The number of hydrogen-bond acceptors (Lipinski definition) is 3. The van der Waals surface area contributed by atoms with E-state index in [-0.39, 0.29) is 6.10 Å². The predicted octanol–water partition coefficient (Wildman–Crippen LogP) is 6.36. The third-order valence-electron chi connectivity index (χ3n) is 5.63. The Morgan fingerprint density at radius 1 is 0.571 bits per heavy atom. The van der Waals surface area contributed by atoms with E-state index in [0.29, 0.717) is 13.2 Å². The van der Waals surface area contributed by atoms with Crippen molar-refractivity contribution in [3.05, 3.63) is 0 Å². The highest BCUT2D eigenvalue weighted by Crippen LogP contribution is 2.23. The van der Waals surface area contributed by atoms with Crippen molar-refractivity contribution in [1.29, 1.82) is 0 Å². The molecule has 0 N–H and O–H groups in total. The molecule has 0 spiro atoms. The molecule has 0 aromatic rings. The van der Waals surface area contributed by atoms with Gasteiger partial charge >= 0.3 is 0 Å². The molecular formula is C24H52O3Si. The van der Waals surface area contributed by atoms with E-state index in [1.807, 2.05) is 13.8 Å². The van der Waals surface area contributed by atoms with Crippen LogP contribution in [-0.4, -0.2) is 41.6 Å². The molecule has 0 radical (unpaired) electrons. The van der Waals surface area contributed by atoms with Gasteiger partial charge in [-0.05, 0) is 27.2 Å². The van der Waals surface area contributed by atoms with Crippen molar-refractivity contribution < 1.29 is 14.2 Å². The largest absolute Gasteiger partial charge is 0.373 e. The summed E-state index contributed by atoms with van der Waals surface area (Å²) < 4.78 is 17.9. The molecule has 0 saturated carbocycles. The average Bonchev–Trinajstić information content (AvgIpc) is 2.67. The lowest BCUT2D eigenvalue weighted by Gasteiger charge is -2.37. The van der Waals surface area contributed by atoms with Crippen LogP contribution in [0.5, 0.6) is 0 Å². The van der Waals surface area contributed by atoms with Crippen LogP contribution in [0, 0.1) is 0 Å². The van der Waals surface area contributed by atoms with Crippen LogP contribution >= 0.6 is 0 Å². The maximum Gasteiger partial charge on any atom is 0.166 e. The summed E-state index contributed by atoms with van der Waals surface area (Å²) in [6.45, 7) is 10.5. The van der Waals surface area contributed by atoms with Gasteiger partial charge in [0.2, 0.25) is 0 Å². The Labute approximate surface area is 180 Å². The predicted molar refractivity (Wildman–Crippen MR) is 126 cm³/mol. The zero-order chi connectivity index (χ0) is 20.9. The van der Waals surface area contributed by atoms with E-state index in [2.05, 4.69) is 13.8 Å². The van der Waals surface area contributed by atoms with Crippen molar-refractivity contribution in [3.63, 3.8) is 0 Å². The van der Waals surface area contributed by atoms with E-state index in [4.69, 9.17) is 14.2 Å². The molecule has 170 valence electrons. The Morgan fingerprint density at radius 2 is 0.964 bits per heavy atom. The van der Waals surface area contributed by atoms with Gasteiger partial charge in [-0.2, -0.15) is 0 Å². The van der Waals surface area contributed by atoms with Crippen molar-refractivity contribution >= 4 is 10.2 Å². The second-order valence-corrected chi connectivity index (χ2v) is 9.60. The van der Waals surface area contributed by atoms with Crippen LogP contribution < -0.4 is 0 Å². The van der Waals surface area contributed by atoms with Gasteiger partial charge in [0.05, 0.1) is 10.2 Å². The first kappa shape index (κ1) is 28.1. The molecule has 0 aliphatic rings. The summed E-state index contributed by atoms with van der Waals surface area (Å²) in [7, 11) is 0.837. The second-order valence-electron chi connectivity index (χ2n) is 8.21. The molecular weight excluding hydrogens is 364 g/mol. The average molecular weight is 417 g/mol. The summed E-state index contributed by atoms with van der Waals surface area (Å²) in [5.74, 6) is 0. The minimum Gasteiger partial charge on any atom is -0.373 e. The molecule has 1 atom stereocenters. The Balaban J connectivity index is 3.70. The second kappa shape index (κ2) is 20.4. The molecule has 0 aromatic heterocycles. The molecule has 0 aliphatic carbocycles. The summed E-state index contributed by atoms with van der Waals surface area (Å²) in [5, 5.41) is 0. The minimum atomic E-state index is -0.476. The fraction of sp³-hybridized carbons (Fsp3) is 1.00. The van der Waals surface area contributed by atoms with E-state index in [9.17, 15) is 0 Å². The molecule has 0 aliphatic heterocycles. The highest BCUT2D eigenvalue weighted by atomic mass is 28.1. The molecule has 4 heteroatoms. The Kier molecular flexibility index (Phi) is 20.4. The first-order valence-electron chi connectivity index (χ1n) is 12.5. The lowest BCUT2D eigenvalue weighted by molar-refractivity contribution is -0.237. The van der Waals surface area contributed by atoms with Gasteiger partial charge in [0, 0.05) is 19.8 Å². The van der Waals surface area contributed by atoms with Crippen LogP contribution in [0.15, 0.2) is 0 Å². The van der Waals surface area contributed by atoms with E-state index >= 15 is 0 Å². The van der Waals surface area contributed by atoms with Crippen LogP contribution in [0.2, 0.25) is 0 Å². The smallest absolute Gasteiger partial charge is 0.166 e. The molecule has 3 nitrogen and oxygen atoms in total. The van der Waals surface area contributed by atoms with Crippen molar-refractivity contribution in [2.24, 2.45) is 0 Å². The van der Waals surface area contributed by atoms with E-state index in [0.717, 1.165) is 23.3 Å². The van der Waals surface area contributed by atoms with Gasteiger partial charge in [0.25, 0.3) is 0 Å². The van der Waals surface area contributed by atoms with Crippen molar-refractivity contribution in [2.75, 3.05) is 19.8 Å². The maximum atomic E-state index is 6.01. The molecule has 0 fully saturated rings. The highest BCUT2D eigenvalue weighted by molar-refractivity contribution is 6.13. The van der Waals surface area contributed by atoms with Gasteiger partial charge in [0.15, 0.2) is 5.41 Å². The standard InChI is InChI=1S/C24H52O3Si/c1-5-9-10-11-12-13-14-15-16-17-18-19-20-21-22-23(25-6-2)24(28,26-7-3)27-8-4/h23H,5-22H2,1-4,28H3. The summed E-state index contributed by atoms with van der Waals surface area (Å²) in [4.78, 5) is 0. The van der Waals surface area contributed by atoms with Crippen LogP contribution in [0.4, 0.5) is 0 Å². The van der Waals surface area contributed by atoms with Crippen molar-refractivity contribution in [1.82, 2.24) is 0 Å². The number of ether oxygens (including phenoxy) is 3. The molecule has 0 saturated heterocycles. The van der Waals surface area contributed by atoms with Gasteiger partial charge in [-0.25, -0.2) is 0 Å². The SMILES string of the molecule is CCCCCCCCCCCCCCCCC(OCC)C([SiH3])(OCC)OCC. The van der Waals surface area contributed by atoms with Gasteiger partial charge < -0.3 is 14.2 Å². The third-order valence-corrected chi connectivity index (χ3v) is 6.86. The van der Waals surface area contributed by atoms with E-state index in [1.54, 1.807) is 0 Å². The first-order chi connectivity index (χ1) is 13.6. The lowest BCUT2D eigenvalue weighted by atomic mass is 10.0. The molecule has 0 heterocycles. The molecule has 0 amide bonds. The number of unbranched alkanes of at least 4 members (excludes halogenated alkanes) is 13. The summed E-state index contributed by atoms with van der Waals surface area (Å²) >= 11 is 0. The topological polar surface area (TPSA) is 27.7 Å². The molecule has 0 aromatic carbocycles. The first-order valence-corrected chi connectivity index (χ1v) is 13.5. The highest BCUT2D eigenvalue weighted by Gasteiger charge is 2.35. The fourth-order valence-corrected chi connectivity index (χ4v) is 5.06. The number of rotatable bonds is 22. The van der Waals surface area contributed by atoms with Gasteiger partial charge in [-0.15, -0.1) is 0 Å². The lowest BCUT2D eigenvalue weighted by Crippen LogP contribution is -2.49. The monoisotopic (exact) mass is 416 g/mol. The molecule has 0 bridgehead atoms. The van der Waals surface area contributed by atoms with Crippen LogP contribution in [-0.2, 0) is 14.2 Å². The maximum absolute atomic E-state index is 6.01. The van der Waals surface area contributed by atoms with Crippen LogP contribution in [0.3, 0.4) is 0 Å². The zero-order valence-electron chi connectivity index (χ0n) is 20.0. The Bertz CT molecular complexity index is 306. The van der Waals surface area contributed by atoms with E-state index in [1.165, 1.54) is 89.9 Å².